The van der Waals surface area contributed by atoms with Gasteiger partial charge in [-0.2, -0.15) is 26.3 Å². The van der Waals surface area contributed by atoms with E-state index in [1.807, 2.05) is 0 Å². The molecule has 0 aromatic heterocycles. The number of carbonyl (C=O) groups excluding carboxylic acids is 1. The number of ketones is 1. The Balaban J connectivity index is 3.21. The summed E-state index contributed by atoms with van der Waals surface area (Å²) >= 11 is -0.823. The Kier molecular flexibility index (Phi) is 4.54. The van der Waals surface area contributed by atoms with Gasteiger partial charge in [0, 0.05) is 11.3 Å². The van der Waals surface area contributed by atoms with Crippen LogP contribution >= 0.6 is 11.8 Å². The first kappa shape index (κ1) is 15.9. The number of thioether (sulfide) groups is 1. The Labute approximate surface area is 109 Å². The molecule has 19 heavy (non-hydrogen) atoms. The summed E-state index contributed by atoms with van der Waals surface area (Å²) in [4.78, 5) is 9.90. The van der Waals surface area contributed by atoms with Crippen LogP contribution in [0.4, 0.5) is 26.3 Å². The number of Topliss-reactive ketones (excluding diaryl/α,β-unsaturated/α-hetero) is 1. The average molecular weight is 302 g/mol. The zero-order valence-electron chi connectivity index (χ0n) is 9.52. The molecule has 0 N–H and O–H groups in total. The fourth-order valence-electron chi connectivity index (χ4n) is 1.41. The van der Waals surface area contributed by atoms with Gasteiger partial charge in [-0.1, -0.05) is 6.07 Å². The van der Waals surface area contributed by atoms with Crippen LogP contribution < -0.4 is 0 Å². The molecular weight excluding hydrogens is 294 g/mol. The average Bonchev–Trinajstić information content (AvgIpc) is 2.15. The number of benzene rings is 1. The smallest absolute Gasteiger partial charge is 0.300 e. The van der Waals surface area contributed by atoms with Crippen molar-refractivity contribution in [2.45, 2.75) is 29.9 Å². The fourth-order valence-corrected chi connectivity index (χ4v) is 2.08. The van der Waals surface area contributed by atoms with Crippen molar-refractivity contribution in [1.82, 2.24) is 0 Å². The topological polar surface area (TPSA) is 17.1 Å². The van der Waals surface area contributed by atoms with E-state index in [0.29, 0.717) is 6.07 Å². The first-order valence-corrected chi connectivity index (χ1v) is 5.76. The molecule has 1 nitrogen and oxygen atoms in total. The number of rotatable bonds is 3. The second kappa shape index (κ2) is 5.44. The maximum atomic E-state index is 12.7. The summed E-state index contributed by atoms with van der Waals surface area (Å²) < 4.78 is 74.5. The van der Waals surface area contributed by atoms with E-state index in [1.54, 1.807) is 0 Å². The van der Waals surface area contributed by atoms with E-state index in [0.717, 1.165) is 12.1 Å². The lowest BCUT2D eigenvalue weighted by atomic mass is 10.1. The van der Waals surface area contributed by atoms with Gasteiger partial charge in [-0.05, 0) is 36.4 Å². The minimum atomic E-state index is -4.90. The van der Waals surface area contributed by atoms with Crippen LogP contribution in [0.5, 0.6) is 0 Å². The van der Waals surface area contributed by atoms with Crippen LogP contribution in [-0.4, -0.2) is 11.3 Å². The molecule has 0 atom stereocenters. The van der Waals surface area contributed by atoms with Gasteiger partial charge in [0.2, 0.25) is 0 Å². The molecule has 0 aliphatic rings. The molecule has 1 aromatic carbocycles. The van der Waals surface area contributed by atoms with E-state index in [2.05, 4.69) is 0 Å². The van der Waals surface area contributed by atoms with Crippen molar-refractivity contribution in [3.8, 4) is 0 Å². The molecule has 0 aliphatic heterocycles. The van der Waals surface area contributed by atoms with Crippen molar-refractivity contribution in [1.29, 1.82) is 0 Å². The molecule has 0 aliphatic carbocycles. The fraction of sp³-hybridized carbons (Fsp3) is 0.364. The lowest BCUT2D eigenvalue weighted by molar-refractivity contribution is -0.140. The van der Waals surface area contributed by atoms with Gasteiger partial charge >= 0.3 is 11.7 Å². The van der Waals surface area contributed by atoms with E-state index in [4.69, 9.17) is 0 Å². The van der Waals surface area contributed by atoms with Crippen molar-refractivity contribution in [3.63, 3.8) is 0 Å². The largest absolute Gasteiger partial charge is 0.446 e. The summed E-state index contributed by atoms with van der Waals surface area (Å²) in [5.41, 5.74) is -6.15. The van der Waals surface area contributed by atoms with Gasteiger partial charge in [0.25, 0.3) is 0 Å². The van der Waals surface area contributed by atoms with Gasteiger partial charge < -0.3 is 0 Å². The van der Waals surface area contributed by atoms with E-state index < -0.39 is 33.9 Å². The van der Waals surface area contributed by atoms with Crippen LogP contribution in [0.25, 0.3) is 0 Å². The maximum absolute atomic E-state index is 12.7. The summed E-state index contributed by atoms with van der Waals surface area (Å²) in [6.07, 6.45) is -5.15. The zero-order valence-corrected chi connectivity index (χ0v) is 10.3. The van der Waals surface area contributed by atoms with Gasteiger partial charge in [0.05, 0.1) is 5.56 Å². The SMILES string of the molecule is CC(=O)Cc1ccc(SC(F)(F)F)c(C(F)(F)F)c1. The van der Waals surface area contributed by atoms with Crippen LogP contribution in [0.2, 0.25) is 0 Å². The van der Waals surface area contributed by atoms with E-state index >= 15 is 0 Å². The second-order valence-electron chi connectivity index (χ2n) is 3.75. The molecular formula is C11H8F6OS. The van der Waals surface area contributed by atoms with Gasteiger partial charge in [-0.3, -0.25) is 4.79 Å². The molecule has 0 spiro atoms. The van der Waals surface area contributed by atoms with Crippen molar-refractivity contribution < 1.29 is 31.1 Å². The third kappa shape index (κ3) is 5.14. The highest BCUT2D eigenvalue weighted by Crippen LogP contribution is 2.43. The number of hydrogen-bond acceptors (Lipinski definition) is 2. The quantitative estimate of drug-likeness (QED) is 0.606. The van der Waals surface area contributed by atoms with Crippen molar-refractivity contribution in [3.05, 3.63) is 29.3 Å². The molecule has 8 heteroatoms. The molecule has 106 valence electrons. The van der Waals surface area contributed by atoms with Crippen LogP contribution in [0.15, 0.2) is 23.1 Å². The Morgan fingerprint density at radius 3 is 2.16 bits per heavy atom. The minimum absolute atomic E-state index is 0.0337. The first-order chi connectivity index (χ1) is 8.49. The Morgan fingerprint density at radius 1 is 1.16 bits per heavy atom. The summed E-state index contributed by atoms with van der Waals surface area (Å²) in [6.45, 7) is 1.19. The van der Waals surface area contributed by atoms with Gasteiger partial charge in [0.1, 0.15) is 5.78 Å². The lowest BCUT2D eigenvalue weighted by Gasteiger charge is -2.15. The zero-order chi connectivity index (χ0) is 14.8. The Morgan fingerprint density at radius 2 is 1.74 bits per heavy atom. The Bertz CT molecular complexity index is 477. The second-order valence-corrected chi connectivity index (χ2v) is 4.86. The van der Waals surface area contributed by atoms with E-state index in [9.17, 15) is 31.1 Å². The number of hydrogen-bond donors (Lipinski definition) is 0. The molecule has 0 bridgehead atoms. The summed E-state index contributed by atoms with van der Waals surface area (Å²) in [5, 5.41) is 0. The van der Waals surface area contributed by atoms with Gasteiger partial charge in [0.15, 0.2) is 0 Å². The minimum Gasteiger partial charge on any atom is -0.300 e. The number of alkyl halides is 6. The van der Waals surface area contributed by atoms with Crippen LogP contribution in [-0.2, 0) is 17.4 Å². The highest BCUT2D eigenvalue weighted by molar-refractivity contribution is 8.00. The third-order valence-electron chi connectivity index (χ3n) is 2.03. The van der Waals surface area contributed by atoms with Crippen molar-refractivity contribution in [2.75, 3.05) is 0 Å². The normalized spacial score (nSPS) is 12.6. The van der Waals surface area contributed by atoms with Crippen LogP contribution in [0.1, 0.15) is 18.1 Å². The standard InChI is InChI=1S/C11H8F6OS/c1-6(18)4-7-2-3-9(19-11(15,16)17)8(5-7)10(12,13)14/h2-3,5H,4H2,1H3. The van der Waals surface area contributed by atoms with E-state index in [1.165, 1.54) is 6.92 Å². The number of halogens is 6. The van der Waals surface area contributed by atoms with Crippen LogP contribution in [0, 0.1) is 0 Å². The van der Waals surface area contributed by atoms with Crippen molar-refractivity contribution in [2.24, 2.45) is 0 Å². The monoisotopic (exact) mass is 302 g/mol. The van der Waals surface area contributed by atoms with Gasteiger partial charge in [-0.25, -0.2) is 0 Å². The third-order valence-corrected chi connectivity index (χ3v) is 2.84. The molecule has 1 aromatic rings. The predicted molar refractivity (Wildman–Crippen MR) is 57.7 cm³/mol. The number of carbonyl (C=O) groups is 1. The van der Waals surface area contributed by atoms with Gasteiger partial charge in [-0.15, -0.1) is 0 Å². The molecule has 0 saturated heterocycles. The molecule has 0 amide bonds. The van der Waals surface area contributed by atoms with Crippen molar-refractivity contribution >= 4 is 17.5 Å². The maximum Gasteiger partial charge on any atom is 0.446 e. The van der Waals surface area contributed by atoms with E-state index in [-0.39, 0.29) is 17.8 Å². The molecule has 0 unspecified atom stereocenters. The Hall–Kier alpha value is -1.18. The first-order valence-electron chi connectivity index (χ1n) is 4.94. The summed E-state index contributed by atoms with van der Waals surface area (Å²) in [5.74, 6) is -0.371. The lowest BCUT2D eigenvalue weighted by Crippen LogP contribution is -2.11. The summed E-state index contributed by atoms with van der Waals surface area (Å²) in [6, 6.07) is 2.40. The summed E-state index contributed by atoms with van der Waals surface area (Å²) in [7, 11) is 0. The molecule has 1 rings (SSSR count). The molecule has 0 saturated carbocycles. The highest BCUT2D eigenvalue weighted by Gasteiger charge is 2.38. The highest BCUT2D eigenvalue weighted by atomic mass is 32.2. The molecule has 0 fully saturated rings. The molecule has 0 heterocycles. The molecule has 0 radical (unpaired) electrons. The van der Waals surface area contributed by atoms with Crippen LogP contribution in [0.3, 0.4) is 0 Å². The predicted octanol–water partition coefficient (Wildman–Crippen LogP) is 4.45.